The molecule has 3 heteroatoms. The zero-order valence-corrected chi connectivity index (χ0v) is 9.85. The predicted octanol–water partition coefficient (Wildman–Crippen LogP) is 2.32. The molecule has 0 saturated carbocycles. The highest BCUT2D eigenvalue weighted by atomic mass is 35.5. The molecule has 2 N–H and O–H groups in total. The number of rotatable bonds is 1. The summed E-state index contributed by atoms with van der Waals surface area (Å²) in [6.45, 7) is 0. The summed E-state index contributed by atoms with van der Waals surface area (Å²) in [6.07, 6.45) is 4.50. The number of fused-ring (bicyclic) bond motifs is 1. The minimum Gasteiger partial charge on any atom is -0.497 e. The van der Waals surface area contributed by atoms with Crippen LogP contribution < -0.4 is 10.5 Å². The van der Waals surface area contributed by atoms with Gasteiger partial charge < -0.3 is 10.5 Å². The van der Waals surface area contributed by atoms with Crippen LogP contribution in [0.5, 0.6) is 5.75 Å². The van der Waals surface area contributed by atoms with E-state index in [-0.39, 0.29) is 12.4 Å². The minimum absolute atomic E-state index is 0. The first-order valence-corrected chi connectivity index (χ1v) is 5.21. The molecule has 0 unspecified atom stereocenters. The molecule has 1 atom stereocenters. The standard InChI is InChI=1S/C12H17NO.ClH/c1-14-12-6-5-9-3-2-4-11(13)7-10(9)8-12;/h5-6,8,11H,2-4,7,13H2,1H3;1H/t11-;/m1./s1. The summed E-state index contributed by atoms with van der Waals surface area (Å²) in [5.41, 5.74) is 8.81. The van der Waals surface area contributed by atoms with Crippen LogP contribution in [0.25, 0.3) is 0 Å². The second-order valence-corrected chi connectivity index (χ2v) is 3.99. The number of nitrogens with two attached hydrogens (primary N) is 1. The first-order chi connectivity index (χ1) is 6.79. The molecular formula is C12H18ClNO. The molecule has 0 aliphatic heterocycles. The molecule has 1 aromatic carbocycles. The van der Waals surface area contributed by atoms with Gasteiger partial charge in [-0.1, -0.05) is 6.07 Å². The van der Waals surface area contributed by atoms with E-state index in [9.17, 15) is 0 Å². The van der Waals surface area contributed by atoms with Crippen molar-refractivity contribution >= 4 is 12.4 Å². The van der Waals surface area contributed by atoms with Crippen molar-refractivity contribution in [3.8, 4) is 5.75 Å². The summed E-state index contributed by atoms with van der Waals surface area (Å²) in [6, 6.07) is 6.66. The molecule has 1 aliphatic carbocycles. The Balaban J connectivity index is 0.00000112. The van der Waals surface area contributed by atoms with Gasteiger partial charge in [0.05, 0.1) is 7.11 Å². The van der Waals surface area contributed by atoms with Gasteiger partial charge in [-0.15, -0.1) is 12.4 Å². The highest BCUT2D eigenvalue weighted by Gasteiger charge is 2.13. The SMILES string of the molecule is COc1ccc2c(c1)C[C@H](N)CCC2.Cl. The van der Waals surface area contributed by atoms with Crippen LogP contribution in [0.1, 0.15) is 24.0 Å². The number of hydrogen-bond donors (Lipinski definition) is 1. The van der Waals surface area contributed by atoms with E-state index in [1.54, 1.807) is 7.11 Å². The molecule has 2 rings (SSSR count). The van der Waals surface area contributed by atoms with Crippen LogP contribution in [0, 0.1) is 0 Å². The third-order valence-electron chi connectivity index (χ3n) is 2.92. The van der Waals surface area contributed by atoms with Gasteiger partial charge in [0.25, 0.3) is 0 Å². The lowest BCUT2D eigenvalue weighted by atomic mass is 10.0. The molecule has 0 aromatic heterocycles. The lowest BCUT2D eigenvalue weighted by Gasteiger charge is -2.10. The third-order valence-corrected chi connectivity index (χ3v) is 2.92. The smallest absolute Gasteiger partial charge is 0.119 e. The van der Waals surface area contributed by atoms with Gasteiger partial charge in [-0.05, 0) is 48.9 Å². The van der Waals surface area contributed by atoms with E-state index in [0.717, 1.165) is 25.0 Å². The summed E-state index contributed by atoms with van der Waals surface area (Å²) >= 11 is 0. The molecule has 0 bridgehead atoms. The topological polar surface area (TPSA) is 35.2 Å². The second-order valence-electron chi connectivity index (χ2n) is 3.99. The molecule has 1 aromatic rings. The number of benzene rings is 1. The van der Waals surface area contributed by atoms with Crippen molar-refractivity contribution in [2.75, 3.05) is 7.11 Å². The van der Waals surface area contributed by atoms with Crippen LogP contribution in [0.15, 0.2) is 18.2 Å². The van der Waals surface area contributed by atoms with Gasteiger partial charge >= 0.3 is 0 Å². The van der Waals surface area contributed by atoms with E-state index in [0.29, 0.717) is 6.04 Å². The maximum atomic E-state index is 6.00. The van der Waals surface area contributed by atoms with Gasteiger partial charge in [-0.2, -0.15) is 0 Å². The number of methoxy groups -OCH3 is 1. The Kier molecular flexibility index (Phi) is 4.43. The Bertz CT molecular complexity index is 327. The average molecular weight is 228 g/mol. The number of ether oxygens (including phenoxy) is 1. The van der Waals surface area contributed by atoms with Crippen LogP contribution in [-0.4, -0.2) is 13.2 Å². The number of aryl methyl sites for hydroxylation is 1. The zero-order valence-electron chi connectivity index (χ0n) is 9.03. The summed E-state index contributed by atoms with van der Waals surface area (Å²) < 4.78 is 5.22. The maximum Gasteiger partial charge on any atom is 0.119 e. The highest BCUT2D eigenvalue weighted by Crippen LogP contribution is 2.24. The fourth-order valence-electron chi connectivity index (χ4n) is 2.10. The first-order valence-electron chi connectivity index (χ1n) is 5.21. The molecule has 0 amide bonds. The van der Waals surface area contributed by atoms with Gasteiger partial charge in [0, 0.05) is 6.04 Å². The zero-order chi connectivity index (χ0) is 9.97. The van der Waals surface area contributed by atoms with Gasteiger partial charge in [-0.3, -0.25) is 0 Å². The average Bonchev–Trinajstić information content (AvgIpc) is 2.37. The Morgan fingerprint density at radius 2 is 2.13 bits per heavy atom. The van der Waals surface area contributed by atoms with Crippen molar-refractivity contribution in [2.45, 2.75) is 31.7 Å². The Labute approximate surface area is 97.2 Å². The van der Waals surface area contributed by atoms with Gasteiger partial charge in [0.15, 0.2) is 0 Å². The van der Waals surface area contributed by atoms with E-state index < -0.39 is 0 Å². The van der Waals surface area contributed by atoms with E-state index in [1.807, 2.05) is 6.07 Å². The van der Waals surface area contributed by atoms with Gasteiger partial charge in [0.1, 0.15) is 5.75 Å². The molecule has 0 spiro atoms. The van der Waals surface area contributed by atoms with Crippen molar-refractivity contribution in [3.63, 3.8) is 0 Å². The monoisotopic (exact) mass is 227 g/mol. The van der Waals surface area contributed by atoms with Crippen LogP contribution >= 0.6 is 12.4 Å². The third kappa shape index (κ3) is 2.86. The summed E-state index contributed by atoms with van der Waals surface area (Å²) in [7, 11) is 1.71. The highest BCUT2D eigenvalue weighted by molar-refractivity contribution is 5.85. The fourth-order valence-corrected chi connectivity index (χ4v) is 2.10. The lowest BCUT2D eigenvalue weighted by Crippen LogP contribution is -2.21. The van der Waals surface area contributed by atoms with Gasteiger partial charge in [-0.25, -0.2) is 0 Å². The fraction of sp³-hybridized carbons (Fsp3) is 0.500. The van der Waals surface area contributed by atoms with E-state index in [2.05, 4.69) is 12.1 Å². The molecule has 2 nitrogen and oxygen atoms in total. The molecule has 0 heterocycles. The summed E-state index contributed by atoms with van der Waals surface area (Å²) in [5.74, 6) is 0.942. The van der Waals surface area contributed by atoms with Crippen molar-refractivity contribution in [1.82, 2.24) is 0 Å². The van der Waals surface area contributed by atoms with E-state index in [1.165, 1.54) is 17.5 Å². The Morgan fingerprint density at radius 3 is 2.87 bits per heavy atom. The van der Waals surface area contributed by atoms with Crippen molar-refractivity contribution in [1.29, 1.82) is 0 Å². The summed E-state index contributed by atoms with van der Waals surface area (Å²) in [4.78, 5) is 0. The molecule has 0 radical (unpaired) electrons. The summed E-state index contributed by atoms with van der Waals surface area (Å²) in [5, 5.41) is 0. The quantitative estimate of drug-likeness (QED) is 0.748. The van der Waals surface area contributed by atoms with Gasteiger partial charge in [0.2, 0.25) is 0 Å². The molecule has 0 fully saturated rings. The maximum absolute atomic E-state index is 6.00. The van der Waals surface area contributed by atoms with Crippen molar-refractivity contribution in [3.05, 3.63) is 29.3 Å². The van der Waals surface area contributed by atoms with Crippen LogP contribution in [0.2, 0.25) is 0 Å². The van der Waals surface area contributed by atoms with Crippen LogP contribution in [0.3, 0.4) is 0 Å². The molecule has 0 saturated heterocycles. The first kappa shape index (κ1) is 12.3. The number of hydrogen-bond acceptors (Lipinski definition) is 2. The Hall–Kier alpha value is -0.730. The van der Waals surface area contributed by atoms with E-state index >= 15 is 0 Å². The normalized spacial score (nSPS) is 19.7. The van der Waals surface area contributed by atoms with Crippen LogP contribution in [-0.2, 0) is 12.8 Å². The molecule has 84 valence electrons. The van der Waals surface area contributed by atoms with Crippen molar-refractivity contribution in [2.24, 2.45) is 5.73 Å². The second kappa shape index (κ2) is 5.38. The molecule has 1 aliphatic rings. The molecule has 15 heavy (non-hydrogen) atoms. The largest absolute Gasteiger partial charge is 0.497 e. The Morgan fingerprint density at radius 1 is 1.33 bits per heavy atom. The lowest BCUT2D eigenvalue weighted by molar-refractivity contribution is 0.414. The predicted molar refractivity (Wildman–Crippen MR) is 64.9 cm³/mol. The molecular weight excluding hydrogens is 210 g/mol. The van der Waals surface area contributed by atoms with E-state index in [4.69, 9.17) is 10.5 Å². The number of halogens is 1. The minimum atomic E-state index is 0. The van der Waals surface area contributed by atoms with Crippen molar-refractivity contribution < 1.29 is 4.74 Å². The van der Waals surface area contributed by atoms with Crippen LogP contribution in [0.4, 0.5) is 0 Å².